The zero-order chi connectivity index (χ0) is 19.2. The van der Waals surface area contributed by atoms with Crippen molar-refractivity contribution >= 4 is 21.6 Å². The van der Waals surface area contributed by atoms with E-state index in [1.807, 2.05) is 17.9 Å². The van der Waals surface area contributed by atoms with Gasteiger partial charge in [0.15, 0.2) is 0 Å². The number of hydrogen-bond donors (Lipinski definition) is 0. The highest BCUT2D eigenvalue weighted by Crippen LogP contribution is 2.37. The van der Waals surface area contributed by atoms with Gasteiger partial charge in [-0.25, -0.2) is 12.8 Å². The number of carbonyl (C=O) groups is 1. The third-order valence-electron chi connectivity index (χ3n) is 5.24. The first-order valence-corrected chi connectivity index (χ1v) is 10.5. The molecule has 0 N–H and O–H groups in total. The van der Waals surface area contributed by atoms with Crippen LogP contribution in [-0.2, 0) is 16.4 Å². The topological polar surface area (TPSA) is 57.7 Å². The summed E-state index contributed by atoms with van der Waals surface area (Å²) >= 11 is 0. The van der Waals surface area contributed by atoms with Gasteiger partial charge in [0.2, 0.25) is 0 Å². The Morgan fingerprint density at radius 1 is 1.07 bits per heavy atom. The first kappa shape index (κ1) is 18.0. The smallest absolute Gasteiger partial charge is 0.264 e. The van der Waals surface area contributed by atoms with Crippen molar-refractivity contribution in [3.8, 4) is 0 Å². The molecule has 2 aliphatic rings. The zero-order valence-corrected chi connectivity index (χ0v) is 15.9. The Balaban J connectivity index is 1.68. The Bertz CT molecular complexity index is 983. The lowest BCUT2D eigenvalue weighted by Crippen LogP contribution is -2.35. The van der Waals surface area contributed by atoms with Gasteiger partial charge in [-0.2, -0.15) is 0 Å². The maximum absolute atomic E-state index is 13.2. The van der Waals surface area contributed by atoms with E-state index in [0.717, 1.165) is 43.6 Å². The van der Waals surface area contributed by atoms with Crippen LogP contribution in [0.3, 0.4) is 0 Å². The van der Waals surface area contributed by atoms with Crippen molar-refractivity contribution in [1.29, 1.82) is 0 Å². The quantitative estimate of drug-likeness (QED) is 0.811. The standard InChI is InChI=1S/C20H21FN2O3S/c1-14-12-16-13-15(20(24)22-10-2-3-11-22)4-9-19(16)23(14)27(25,26)18-7-5-17(21)6-8-18/h4-9,13-14H,2-3,10-12H2,1H3/t14-/m0/s1. The molecular weight excluding hydrogens is 367 g/mol. The van der Waals surface area contributed by atoms with E-state index in [4.69, 9.17) is 0 Å². The van der Waals surface area contributed by atoms with Gasteiger partial charge in [0.05, 0.1) is 10.6 Å². The summed E-state index contributed by atoms with van der Waals surface area (Å²) in [5.74, 6) is -0.475. The molecule has 0 unspecified atom stereocenters. The van der Waals surface area contributed by atoms with Crippen molar-refractivity contribution in [2.45, 2.75) is 37.1 Å². The summed E-state index contributed by atoms with van der Waals surface area (Å²) in [4.78, 5) is 14.5. The summed E-state index contributed by atoms with van der Waals surface area (Å²) < 4.78 is 40.7. The molecule has 1 amide bonds. The predicted molar refractivity (Wildman–Crippen MR) is 101 cm³/mol. The van der Waals surface area contributed by atoms with Crippen LogP contribution in [0.15, 0.2) is 47.4 Å². The van der Waals surface area contributed by atoms with Gasteiger partial charge in [-0.3, -0.25) is 9.10 Å². The third kappa shape index (κ3) is 3.10. The Morgan fingerprint density at radius 2 is 1.74 bits per heavy atom. The molecule has 0 aromatic heterocycles. The molecule has 1 fully saturated rings. The van der Waals surface area contributed by atoms with E-state index in [2.05, 4.69) is 0 Å². The van der Waals surface area contributed by atoms with E-state index in [9.17, 15) is 17.6 Å². The fraction of sp³-hybridized carbons (Fsp3) is 0.350. The Hall–Kier alpha value is -2.41. The maximum atomic E-state index is 13.2. The van der Waals surface area contributed by atoms with Crippen LogP contribution in [0.4, 0.5) is 10.1 Å². The van der Waals surface area contributed by atoms with E-state index < -0.39 is 15.8 Å². The minimum atomic E-state index is -3.80. The molecule has 0 aliphatic carbocycles. The fourth-order valence-corrected chi connectivity index (χ4v) is 5.62. The monoisotopic (exact) mass is 388 g/mol. The number of hydrogen-bond acceptors (Lipinski definition) is 3. The lowest BCUT2D eigenvalue weighted by Gasteiger charge is -2.24. The Labute approximate surface area is 158 Å². The molecule has 1 atom stereocenters. The minimum Gasteiger partial charge on any atom is -0.339 e. The SMILES string of the molecule is C[C@H]1Cc2cc(C(=O)N3CCCC3)ccc2N1S(=O)(=O)c1ccc(F)cc1. The van der Waals surface area contributed by atoms with Gasteiger partial charge in [0, 0.05) is 24.7 Å². The van der Waals surface area contributed by atoms with Gasteiger partial charge in [-0.05, 0) is 74.2 Å². The number of sulfonamides is 1. The molecule has 0 spiro atoms. The van der Waals surface area contributed by atoms with Crippen molar-refractivity contribution in [3.63, 3.8) is 0 Å². The van der Waals surface area contributed by atoms with Crippen LogP contribution in [0, 0.1) is 5.82 Å². The molecule has 0 saturated carbocycles. The van der Waals surface area contributed by atoms with Crippen LogP contribution in [0.25, 0.3) is 0 Å². The highest BCUT2D eigenvalue weighted by molar-refractivity contribution is 7.92. The van der Waals surface area contributed by atoms with Crippen LogP contribution in [-0.4, -0.2) is 38.4 Å². The number of rotatable bonds is 3. The van der Waals surface area contributed by atoms with E-state index in [-0.39, 0.29) is 16.8 Å². The average molecular weight is 388 g/mol. The van der Waals surface area contributed by atoms with Gasteiger partial charge >= 0.3 is 0 Å². The minimum absolute atomic E-state index is 0.00259. The van der Waals surface area contributed by atoms with Crippen molar-refractivity contribution < 1.29 is 17.6 Å². The highest BCUT2D eigenvalue weighted by atomic mass is 32.2. The second kappa shape index (κ2) is 6.64. The molecule has 2 heterocycles. The lowest BCUT2D eigenvalue weighted by atomic mass is 10.1. The maximum Gasteiger partial charge on any atom is 0.264 e. The van der Waals surface area contributed by atoms with Crippen LogP contribution >= 0.6 is 0 Å². The second-order valence-corrected chi connectivity index (χ2v) is 8.97. The summed E-state index contributed by atoms with van der Waals surface area (Å²) in [6, 6.07) is 9.80. The molecule has 142 valence electrons. The fourth-order valence-electron chi connectivity index (χ4n) is 3.92. The van der Waals surface area contributed by atoms with Gasteiger partial charge in [-0.1, -0.05) is 0 Å². The molecule has 7 heteroatoms. The number of likely N-dealkylation sites (tertiary alicyclic amines) is 1. The number of fused-ring (bicyclic) bond motifs is 1. The van der Waals surface area contributed by atoms with Crippen molar-refractivity contribution in [2.75, 3.05) is 17.4 Å². The number of benzene rings is 2. The number of anilines is 1. The molecule has 0 bridgehead atoms. The zero-order valence-electron chi connectivity index (χ0n) is 15.1. The first-order chi connectivity index (χ1) is 12.9. The van der Waals surface area contributed by atoms with E-state index in [0.29, 0.717) is 17.7 Å². The Morgan fingerprint density at radius 3 is 2.41 bits per heavy atom. The Kier molecular flexibility index (Phi) is 4.42. The highest BCUT2D eigenvalue weighted by Gasteiger charge is 2.36. The summed E-state index contributed by atoms with van der Waals surface area (Å²) in [5, 5.41) is 0. The summed E-state index contributed by atoms with van der Waals surface area (Å²) in [6.07, 6.45) is 2.59. The van der Waals surface area contributed by atoms with Gasteiger partial charge in [0.1, 0.15) is 5.82 Å². The molecule has 1 saturated heterocycles. The summed E-state index contributed by atoms with van der Waals surface area (Å²) in [7, 11) is -3.80. The van der Waals surface area contributed by atoms with E-state index in [1.165, 1.54) is 16.4 Å². The molecular formula is C20H21FN2O3S. The molecule has 4 rings (SSSR count). The van der Waals surface area contributed by atoms with Crippen LogP contribution in [0.2, 0.25) is 0 Å². The van der Waals surface area contributed by atoms with E-state index in [1.54, 1.807) is 12.1 Å². The summed E-state index contributed by atoms with van der Waals surface area (Å²) in [5.41, 5.74) is 2.03. The van der Waals surface area contributed by atoms with Crippen LogP contribution in [0.5, 0.6) is 0 Å². The normalized spacial score (nSPS) is 19.4. The van der Waals surface area contributed by atoms with Gasteiger partial charge < -0.3 is 4.90 Å². The van der Waals surface area contributed by atoms with Gasteiger partial charge in [-0.15, -0.1) is 0 Å². The lowest BCUT2D eigenvalue weighted by molar-refractivity contribution is 0.0792. The van der Waals surface area contributed by atoms with Crippen LogP contribution < -0.4 is 4.31 Å². The number of halogens is 1. The van der Waals surface area contributed by atoms with Gasteiger partial charge in [0.25, 0.3) is 15.9 Å². The summed E-state index contributed by atoms with van der Waals surface area (Å²) in [6.45, 7) is 3.39. The molecule has 2 aromatic rings. The molecule has 5 nitrogen and oxygen atoms in total. The van der Waals surface area contributed by atoms with Crippen molar-refractivity contribution in [2.24, 2.45) is 0 Å². The predicted octanol–water partition coefficient (Wildman–Crippen LogP) is 3.20. The van der Waals surface area contributed by atoms with Crippen LogP contribution in [0.1, 0.15) is 35.7 Å². The average Bonchev–Trinajstić information content (AvgIpc) is 3.28. The van der Waals surface area contributed by atoms with Crippen molar-refractivity contribution in [3.05, 3.63) is 59.4 Å². The largest absolute Gasteiger partial charge is 0.339 e. The molecule has 2 aliphatic heterocycles. The third-order valence-corrected chi connectivity index (χ3v) is 7.19. The molecule has 2 aromatic carbocycles. The van der Waals surface area contributed by atoms with Crippen molar-refractivity contribution in [1.82, 2.24) is 4.90 Å². The molecule has 0 radical (unpaired) electrons. The number of amides is 1. The first-order valence-electron chi connectivity index (χ1n) is 9.10. The number of nitrogens with zero attached hydrogens (tertiary/aromatic N) is 2. The van der Waals surface area contributed by atoms with E-state index >= 15 is 0 Å². The second-order valence-electron chi connectivity index (χ2n) is 7.15. The number of carbonyl (C=O) groups excluding carboxylic acids is 1. The molecule has 27 heavy (non-hydrogen) atoms.